The van der Waals surface area contributed by atoms with Crippen LogP contribution in [0.2, 0.25) is 0 Å². The van der Waals surface area contributed by atoms with E-state index in [0.29, 0.717) is 5.56 Å². The molecule has 1 aromatic heterocycles. The average Bonchev–Trinajstić information content (AvgIpc) is 2.88. The van der Waals surface area contributed by atoms with Gasteiger partial charge in [0.05, 0.1) is 5.56 Å². The third kappa shape index (κ3) is 3.89. The molecular weight excluding hydrogens is 264 g/mol. The number of thiophene rings is 1. The molecule has 0 aliphatic heterocycles. The number of carboxylic acid groups (broad SMARTS) is 1. The Morgan fingerprint density at radius 3 is 2.61 bits per heavy atom. The predicted molar refractivity (Wildman–Crippen MR) is 77.6 cm³/mol. The Kier molecular flexibility index (Phi) is 4.84. The Hall–Kier alpha value is -1.26. The highest BCUT2D eigenvalue weighted by molar-refractivity contribution is 7.98. The first-order valence-corrected chi connectivity index (χ1v) is 7.71. The summed E-state index contributed by atoms with van der Waals surface area (Å²) in [7, 11) is 0. The molecule has 0 atom stereocenters. The highest BCUT2D eigenvalue weighted by atomic mass is 32.2. The number of rotatable bonds is 6. The van der Waals surface area contributed by atoms with E-state index in [-0.39, 0.29) is 0 Å². The lowest BCUT2D eigenvalue weighted by molar-refractivity contribution is 0.0697. The van der Waals surface area contributed by atoms with Gasteiger partial charge in [0, 0.05) is 10.6 Å². The van der Waals surface area contributed by atoms with E-state index in [1.54, 1.807) is 23.5 Å². The fraction of sp³-hybridized carbons (Fsp3) is 0.214. The van der Waals surface area contributed by atoms with Crippen LogP contribution in [0.25, 0.3) is 0 Å². The number of aryl methyl sites for hydroxylation is 1. The monoisotopic (exact) mass is 278 g/mol. The number of hydrogen-bond acceptors (Lipinski definition) is 3. The number of carboxylic acids is 1. The molecule has 0 unspecified atom stereocenters. The van der Waals surface area contributed by atoms with Crippen LogP contribution in [-0.4, -0.2) is 16.8 Å². The molecule has 1 heterocycles. The van der Waals surface area contributed by atoms with Gasteiger partial charge in [-0.1, -0.05) is 18.2 Å². The van der Waals surface area contributed by atoms with E-state index in [1.807, 2.05) is 23.9 Å². The van der Waals surface area contributed by atoms with Crippen LogP contribution in [0, 0.1) is 0 Å². The quantitative estimate of drug-likeness (QED) is 0.814. The van der Waals surface area contributed by atoms with Gasteiger partial charge in [-0.3, -0.25) is 0 Å². The summed E-state index contributed by atoms with van der Waals surface area (Å²) >= 11 is 3.67. The van der Waals surface area contributed by atoms with E-state index < -0.39 is 5.97 Å². The summed E-state index contributed by atoms with van der Waals surface area (Å²) in [6.07, 6.45) is 1.11. The summed E-state index contributed by atoms with van der Waals surface area (Å²) in [5.41, 5.74) is 1.53. The summed E-state index contributed by atoms with van der Waals surface area (Å²) in [5, 5.41) is 10.9. The van der Waals surface area contributed by atoms with Crippen molar-refractivity contribution in [3.8, 4) is 0 Å². The van der Waals surface area contributed by atoms with Gasteiger partial charge in [-0.05, 0) is 41.3 Å². The molecule has 1 aromatic carbocycles. The number of benzene rings is 1. The molecule has 0 spiro atoms. The van der Waals surface area contributed by atoms with E-state index in [9.17, 15) is 4.79 Å². The second-order valence-corrected chi connectivity index (χ2v) is 6.02. The third-order valence-corrected chi connectivity index (χ3v) is 4.51. The molecule has 0 fully saturated rings. The molecule has 0 radical (unpaired) electrons. The van der Waals surface area contributed by atoms with E-state index in [1.165, 1.54) is 10.4 Å². The SMILES string of the molecule is O=C(O)c1ccc(CSCCc2cccs2)cc1. The Morgan fingerprint density at radius 2 is 2.00 bits per heavy atom. The Labute approximate surface area is 115 Å². The van der Waals surface area contributed by atoms with Crippen LogP contribution in [0.1, 0.15) is 20.8 Å². The smallest absolute Gasteiger partial charge is 0.335 e. The first kappa shape index (κ1) is 13.2. The van der Waals surface area contributed by atoms with Crippen LogP contribution >= 0.6 is 23.1 Å². The minimum absolute atomic E-state index is 0.349. The van der Waals surface area contributed by atoms with E-state index in [4.69, 9.17) is 5.11 Å². The largest absolute Gasteiger partial charge is 0.478 e. The van der Waals surface area contributed by atoms with Gasteiger partial charge in [-0.15, -0.1) is 11.3 Å². The summed E-state index contributed by atoms with van der Waals surface area (Å²) in [6.45, 7) is 0. The maximum atomic E-state index is 10.7. The predicted octanol–water partition coefficient (Wildman–Crippen LogP) is 3.92. The van der Waals surface area contributed by atoms with Crippen LogP contribution in [0.15, 0.2) is 41.8 Å². The first-order valence-electron chi connectivity index (χ1n) is 5.68. The molecule has 0 aliphatic carbocycles. The van der Waals surface area contributed by atoms with Crippen molar-refractivity contribution in [2.45, 2.75) is 12.2 Å². The molecule has 0 saturated heterocycles. The number of carbonyl (C=O) groups is 1. The number of thioether (sulfide) groups is 1. The molecule has 94 valence electrons. The van der Waals surface area contributed by atoms with Crippen molar-refractivity contribution >= 4 is 29.1 Å². The van der Waals surface area contributed by atoms with E-state index in [0.717, 1.165) is 17.9 Å². The fourth-order valence-corrected chi connectivity index (χ4v) is 3.34. The van der Waals surface area contributed by atoms with Gasteiger partial charge >= 0.3 is 5.97 Å². The summed E-state index contributed by atoms with van der Waals surface area (Å²) in [4.78, 5) is 12.1. The number of aromatic carboxylic acids is 1. The minimum Gasteiger partial charge on any atom is -0.478 e. The zero-order valence-electron chi connectivity index (χ0n) is 9.83. The molecule has 2 nitrogen and oxygen atoms in total. The van der Waals surface area contributed by atoms with Crippen molar-refractivity contribution < 1.29 is 9.90 Å². The van der Waals surface area contributed by atoms with Crippen molar-refractivity contribution in [3.63, 3.8) is 0 Å². The molecule has 0 saturated carbocycles. The fourth-order valence-electron chi connectivity index (χ4n) is 1.56. The molecule has 2 aromatic rings. The van der Waals surface area contributed by atoms with Gasteiger partial charge < -0.3 is 5.11 Å². The highest BCUT2D eigenvalue weighted by Crippen LogP contribution is 2.17. The second kappa shape index (κ2) is 6.61. The van der Waals surface area contributed by atoms with Crippen molar-refractivity contribution in [1.82, 2.24) is 0 Å². The molecule has 0 aliphatic rings. The maximum absolute atomic E-state index is 10.7. The van der Waals surface area contributed by atoms with Crippen molar-refractivity contribution in [2.24, 2.45) is 0 Å². The highest BCUT2D eigenvalue weighted by Gasteiger charge is 2.01. The topological polar surface area (TPSA) is 37.3 Å². The van der Waals surface area contributed by atoms with Crippen molar-refractivity contribution in [3.05, 3.63) is 57.8 Å². The maximum Gasteiger partial charge on any atom is 0.335 e. The van der Waals surface area contributed by atoms with Gasteiger partial charge in [-0.2, -0.15) is 11.8 Å². The average molecular weight is 278 g/mol. The zero-order valence-corrected chi connectivity index (χ0v) is 11.5. The van der Waals surface area contributed by atoms with Gasteiger partial charge in [0.25, 0.3) is 0 Å². The second-order valence-electron chi connectivity index (χ2n) is 3.88. The van der Waals surface area contributed by atoms with Crippen LogP contribution in [-0.2, 0) is 12.2 Å². The Balaban J connectivity index is 1.75. The molecular formula is C14H14O2S2. The third-order valence-electron chi connectivity index (χ3n) is 2.54. The van der Waals surface area contributed by atoms with E-state index in [2.05, 4.69) is 17.5 Å². The van der Waals surface area contributed by atoms with Gasteiger partial charge in [0.2, 0.25) is 0 Å². The lowest BCUT2D eigenvalue weighted by Gasteiger charge is -2.02. The molecule has 4 heteroatoms. The summed E-state index contributed by atoms with van der Waals surface area (Å²) in [5.74, 6) is 1.17. The molecule has 18 heavy (non-hydrogen) atoms. The standard InChI is InChI=1S/C14H14O2S2/c15-14(16)12-5-3-11(4-6-12)10-17-9-7-13-2-1-8-18-13/h1-6,8H,7,9-10H2,(H,15,16). The lowest BCUT2D eigenvalue weighted by Crippen LogP contribution is -1.95. The first-order chi connectivity index (χ1) is 8.75. The van der Waals surface area contributed by atoms with Gasteiger partial charge in [-0.25, -0.2) is 4.79 Å². The van der Waals surface area contributed by atoms with Crippen LogP contribution < -0.4 is 0 Å². The molecule has 0 bridgehead atoms. The van der Waals surface area contributed by atoms with Crippen molar-refractivity contribution in [2.75, 3.05) is 5.75 Å². The van der Waals surface area contributed by atoms with Crippen molar-refractivity contribution in [1.29, 1.82) is 0 Å². The zero-order chi connectivity index (χ0) is 12.8. The molecule has 2 rings (SSSR count). The molecule has 0 amide bonds. The number of hydrogen-bond donors (Lipinski definition) is 1. The van der Waals surface area contributed by atoms with Gasteiger partial charge in [0.15, 0.2) is 0 Å². The van der Waals surface area contributed by atoms with Crippen LogP contribution in [0.4, 0.5) is 0 Å². The van der Waals surface area contributed by atoms with Gasteiger partial charge in [0.1, 0.15) is 0 Å². The molecule has 1 N–H and O–H groups in total. The Bertz CT molecular complexity index is 489. The van der Waals surface area contributed by atoms with Crippen LogP contribution in [0.3, 0.4) is 0 Å². The van der Waals surface area contributed by atoms with Crippen LogP contribution in [0.5, 0.6) is 0 Å². The minimum atomic E-state index is -0.869. The Morgan fingerprint density at radius 1 is 1.22 bits per heavy atom. The normalized spacial score (nSPS) is 10.4. The summed E-state index contributed by atoms with van der Waals surface area (Å²) in [6, 6.07) is 11.3. The lowest BCUT2D eigenvalue weighted by atomic mass is 10.1. The van der Waals surface area contributed by atoms with E-state index >= 15 is 0 Å². The summed E-state index contributed by atoms with van der Waals surface area (Å²) < 4.78 is 0.